The van der Waals surface area contributed by atoms with Crippen molar-refractivity contribution < 1.29 is 23.9 Å². The first-order valence-corrected chi connectivity index (χ1v) is 9.72. The molecule has 0 spiro atoms. The molecule has 0 aliphatic heterocycles. The van der Waals surface area contributed by atoms with Crippen molar-refractivity contribution in [3.63, 3.8) is 0 Å². The fraction of sp³-hybridized carbons (Fsp3) is 0.0800. The van der Waals surface area contributed by atoms with Gasteiger partial charge in [-0.25, -0.2) is 4.79 Å². The van der Waals surface area contributed by atoms with Crippen molar-refractivity contribution in [3.05, 3.63) is 90.0 Å². The minimum atomic E-state index is -1.34. The third kappa shape index (κ3) is 4.53. The molecular weight excluding hydrogens is 394 g/mol. The number of hydrogen-bond donors (Lipinski definition) is 2. The van der Waals surface area contributed by atoms with Crippen LogP contribution in [0.15, 0.2) is 83.3 Å². The highest BCUT2D eigenvalue weighted by molar-refractivity contribution is 6.09. The van der Waals surface area contributed by atoms with Crippen molar-refractivity contribution in [3.8, 4) is 0 Å². The van der Waals surface area contributed by atoms with Crippen molar-refractivity contribution in [1.29, 1.82) is 0 Å². The molecule has 6 heteroatoms. The lowest BCUT2D eigenvalue weighted by Crippen LogP contribution is -2.41. The number of aliphatic carboxylic acids is 1. The number of nitrogens with one attached hydrogen (secondary N) is 1. The first kappa shape index (κ1) is 20.1. The third-order valence-electron chi connectivity index (χ3n) is 4.93. The zero-order chi connectivity index (χ0) is 21.8. The summed E-state index contributed by atoms with van der Waals surface area (Å²) in [6.45, 7) is 0. The predicted molar refractivity (Wildman–Crippen MR) is 118 cm³/mol. The number of carbonyl (C=O) groups is 3. The van der Waals surface area contributed by atoms with E-state index in [0.29, 0.717) is 16.7 Å². The molecule has 2 N–H and O–H groups in total. The van der Waals surface area contributed by atoms with Gasteiger partial charge in [-0.2, -0.15) is 0 Å². The molecular formula is C25H19NO5. The quantitative estimate of drug-likeness (QED) is 0.345. The predicted octanol–water partition coefficient (Wildman–Crippen LogP) is 4.44. The van der Waals surface area contributed by atoms with E-state index in [2.05, 4.69) is 5.32 Å². The van der Waals surface area contributed by atoms with Crippen LogP contribution in [0, 0.1) is 0 Å². The minimum absolute atomic E-state index is 0.360. The van der Waals surface area contributed by atoms with Gasteiger partial charge in [-0.1, -0.05) is 48.5 Å². The fourth-order valence-electron chi connectivity index (χ4n) is 3.36. The lowest BCUT2D eigenvalue weighted by atomic mass is 10.0. The molecule has 3 aromatic carbocycles. The SMILES string of the molecule is O=C(C=Cc1ccccc1)NC(CC(=O)c1ccc2oc3ccccc3c2c1)C(=O)O. The van der Waals surface area contributed by atoms with Crippen molar-refractivity contribution in [2.24, 2.45) is 0 Å². The van der Waals surface area contributed by atoms with Gasteiger partial charge in [0, 0.05) is 28.8 Å². The lowest BCUT2D eigenvalue weighted by Gasteiger charge is -2.12. The van der Waals surface area contributed by atoms with E-state index in [0.717, 1.165) is 16.3 Å². The summed E-state index contributed by atoms with van der Waals surface area (Å²) in [5.74, 6) is -2.24. The second kappa shape index (κ2) is 8.67. The van der Waals surface area contributed by atoms with Gasteiger partial charge in [0.1, 0.15) is 17.2 Å². The van der Waals surface area contributed by atoms with Crippen LogP contribution in [-0.2, 0) is 9.59 Å². The fourth-order valence-corrected chi connectivity index (χ4v) is 3.36. The first-order chi connectivity index (χ1) is 15.0. The molecule has 1 aromatic heterocycles. The van der Waals surface area contributed by atoms with Crippen LogP contribution in [-0.4, -0.2) is 28.8 Å². The number of benzene rings is 3. The van der Waals surface area contributed by atoms with Gasteiger partial charge in [0.2, 0.25) is 5.91 Å². The number of carboxylic acid groups (broad SMARTS) is 1. The van der Waals surface area contributed by atoms with Gasteiger partial charge in [-0.05, 0) is 35.9 Å². The third-order valence-corrected chi connectivity index (χ3v) is 4.93. The van der Waals surface area contributed by atoms with E-state index >= 15 is 0 Å². The lowest BCUT2D eigenvalue weighted by molar-refractivity contribution is -0.141. The van der Waals surface area contributed by atoms with Gasteiger partial charge in [-0.15, -0.1) is 0 Å². The number of rotatable bonds is 7. The minimum Gasteiger partial charge on any atom is -0.480 e. The van der Waals surface area contributed by atoms with E-state index in [1.54, 1.807) is 24.3 Å². The van der Waals surface area contributed by atoms with Gasteiger partial charge in [0.15, 0.2) is 5.78 Å². The van der Waals surface area contributed by atoms with Crippen LogP contribution < -0.4 is 5.32 Å². The summed E-state index contributed by atoms with van der Waals surface area (Å²) in [6.07, 6.45) is 2.47. The van der Waals surface area contributed by atoms with Crippen LogP contribution in [0.1, 0.15) is 22.3 Å². The van der Waals surface area contributed by atoms with Crippen LogP contribution in [0.5, 0.6) is 0 Å². The van der Waals surface area contributed by atoms with Crippen LogP contribution >= 0.6 is 0 Å². The molecule has 1 unspecified atom stereocenters. The molecule has 1 heterocycles. The van der Waals surface area contributed by atoms with Crippen molar-refractivity contribution in [1.82, 2.24) is 5.32 Å². The molecule has 0 saturated heterocycles. The van der Waals surface area contributed by atoms with E-state index in [1.165, 1.54) is 6.08 Å². The maximum absolute atomic E-state index is 12.8. The molecule has 0 aliphatic rings. The second-order valence-electron chi connectivity index (χ2n) is 7.08. The zero-order valence-electron chi connectivity index (χ0n) is 16.4. The highest BCUT2D eigenvalue weighted by atomic mass is 16.4. The van der Waals surface area contributed by atoms with E-state index in [-0.39, 0.29) is 12.2 Å². The average molecular weight is 413 g/mol. The Kier molecular flexibility index (Phi) is 5.62. The van der Waals surface area contributed by atoms with Gasteiger partial charge in [0.25, 0.3) is 0 Å². The molecule has 154 valence electrons. The standard InChI is InChI=1S/C25H19NO5/c27-21(17-11-12-23-19(14-17)18-8-4-5-9-22(18)31-23)15-20(25(29)30)26-24(28)13-10-16-6-2-1-3-7-16/h1-14,20H,15H2,(H,26,28)(H,29,30). The number of carbonyl (C=O) groups excluding carboxylic acids is 2. The Bertz CT molecular complexity index is 1300. The molecule has 6 nitrogen and oxygen atoms in total. The molecule has 0 saturated carbocycles. The van der Waals surface area contributed by atoms with Crippen molar-refractivity contribution in [2.45, 2.75) is 12.5 Å². The van der Waals surface area contributed by atoms with Crippen LogP contribution in [0.3, 0.4) is 0 Å². The molecule has 1 amide bonds. The van der Waals surface area contributed by atoms with Crippen molar-refractivity contribution >= 4 is 45.7 Å². The summed E-state index contributed by atoms with van der Waals surface area (Å²) in [5.41, 5.74) is 2.52. The molecule has 0 radical (unpaired) electrons. The Morgan fingerprint density at radius 1 is 0.903 bits per heavy atom. The van der Waals surface area contributed by atoms with Gasteiger partial charge in [-0.3, -0.25) is 9.59 Å². The Morgan fingerprint density at radius 3 is 2.39 bits per heavy atom. The molecule has 0 aliphatic carbocycles. The highest BCUT2D eigenvalue weighted by Gasteiger charge is 2.23. The number of hydrogen-bond acceptors (Lipinski definition) is 4. The normalized spacial score (nSPS) is 12.3. The highest BCUT2D eigenvalue weighted by Crippen LogP contribution is 2.29. The monoisotopic (exact) mass is 413 g/mol. The van der Waals surface area contributed by atoms with E-state index in [9.17, 15) is 19.5 Å². The van der Waals surface area contributed by atoms with E-state index < -0.39 is 17.9 Å². The Balaban J connectivity index is 1.49. The summed E-state index contributed by atoms with van der Waals surface area (Å²) >= 11 is 0. The van der Waals surface area contributed by atoms with Crippen LogP contribution in [0.4, 0.5) is 0 Å². The largest absolute Gasteiger partial charge is 0.480 e. The number of Topliss-reactive ketones (excluding diaryl/α,β-unsaturated/α-hetero) is 1. The number of carboxylic acids is 1. The summed E-state index contributed by atoms with van der Waals surface area (Å²) in [5, 5.41) is 13.5. The molecule has 0 bridgehead atoms. The molecule has 31 heavy (non-hydrogen) atoms. The van der Waals surface area contributed by atoms with E-state index in [1.807, 2.05) is 54.6 Å². The topological polar surface area (TPSA) is 96.6 Å². The summed E-state index contributed by atoms with van der Waals surface area (Å²) in [6, 6.07) is 20.3. The van der Waals surface area contributed by atoms with E-state index in [4.69, 9.17) is 4.42 Å². The van der Waals surface area contributed by atoms with Gasteiger partial charge in [0.05, 0.1) is 0 Å². The number of amides is 1. The first-order valence-electron chi connectivity index (χ1n) is 9.72. The van der Waals surface area contributed by atoms with Crippen LogP contribution in [0.25, 0.3) is 28.0 Å². The number of ketones is 1. The number of para-hydroxylation sites is 1. The molecule has 4 rings (SSSR count). The number of fused-ring (bicyclic) bond motifs is 3. The smallest absolute Gasteiger partial charge is 0.326 e. The maximum atomic E-state index is 12.8. The summed E-state index contributed by atoms with van der Waals surface area (Å²) in [4.78, 5) is 36.5. The van der Waals surface area contributed by atoms with Gasteiger partial charge >= 0.3 is 5.97 Å². The average Bonchev–Trinajstić information content (AvgIpc) is 3.15. The zero-order valence-corrected chi connectivity index (χ0v) is 16.4. The molecule has 0 fully saturated rings. The maximum Gasteiger partial charge on any atom is 0.326 e. The van der Waals surface area contributed by atoms with Gasteiger partial charge < -0.3 is 14.8 Å². The van der Waals surface area contributed by atoms with Crippen LogP contribution in [0.2, 0.25) is 0 Å². The second-order valence-corrected chi connectivity index (χ2v) is 7.08. The Morgan fingerprint density at radius 2 is 1.61 bits per heavy atom. The van der Waals surface area contributed by atoms with Crippen molar-refractivity contribution in [2.75, 3.05) is 0 Å². The Hall–Kier alpha value is -4.19. The summed E-state index contributed by atoms with van der Waals surface area (Å²) < 4.78 is 5.75. The molecule has 1 atom stereocenters. The number of furan rings is 1. The molecule has 4 aromatic rings. The summed E-state index contributed by atoms with van der Waals surface area (Å²) in [7, 11) is 0. The Labute approximate surface area is 177 Å².